The molecular formula is C13H27N3O. The molecule has 2 saturated heterocycles. The molecule has 4 heteroatoms. The molecule has 0 saturated carbocycles. The summed E-state index contributed by atoms with van der Waals surface area (Å²) in [6.07, 6.45) is 4.33. The highest BCUT2D eigenvalue weighted by Gasteiger charge is 2.16. The molecular weight excluding hydrogens is 214 g/mol. The highest BCUT2D eigenvalue weighted by molar-refractivity contribution is 4.71. The molecule has 17 heavy (non-hydrogen) atoms. The first-order chi connectivity index (χ1) is 8.34. The van der Waals surface area contributed by atoms with E-state index in [1.54, 1.807) is 0 Å². The number of ether oxygens (including phenoxy) is 1. The van der Waals surface area contributed by atoms with Crippen LogP contribution in [0.1, 0.15) is 19.3 Å². The van der Waals surface area contributed by atoms with E-state index in [1.165, 1.54) is 45.4 Å². The van der Waals surface area contributed by atoms with Gasteiger partial charge < -0.3 is 15.0 Å². The first-order valence-electron chi connectivity index (χ1n) is 7.08. The predicted molar refractivity (Wildman–Crippen MR) is 70.4 cm³/mol. The largest absolute Gasteiger partial charge is 0.377 e. The zero-order valence-electron chi connectivity index (χ0n) is 11.2. The number of hydrogen-bond donors (Lipinski definition) is 1. The van der Waals surface area contributed by atoms with Crippen molar-refractivity contribution in [3.05, 3.63) is 0 Å². The molecule has 0 aromatic rings. The average molecular weight is 241 g/mol. The standard InChI is InChI=1S/C13H27N3O/c1-15(12-13-4-2-3-11-17-13)9-10-16-7-5-14-6-8-16/h13-14H,2-12H2,1H3. The van der Waals surface area contributed by atoms with E-state index < -0.39 is 0 Å². The van der Waals surface area contributed by atoms with E-state index in [9.17, 15) is 0 Å². The molecule has 2 aliphatic rings. The SMILES string of the molecule is CN(CCN1CCNCC1)CC1CCCCO1. The van der Waals surface area contributed by atoms with Crippen molar-refractivity contribution in [2.24, 2.45) is 0 Å². The van der Waals surface area contributed by atoms with Gasteiger partial charge in [0.25, 0.3) is 0 Å². The van der Waals surface area contributed by atoms with Gasteiger partial charge >= 0.3 is 0 Å². The Morgan fingerprint density at radius 3 is 2.82 bits per heavy atom. The van der Waals surface area contributed by atoms with Gasteiger partial charge in [-0.1, -0.05) is 0 Å². The molecule has 0 aromatic heterocycles. The first-order valence-corrected chi connectivity index (χ1v) is 7.08. The Bertz CT molecular complexity index is 201. The molecule has 1 N–H and O–H groups in total. The second-order valence-corrected chi connectivity index (χ2v) is 5.34. The summed E-state index contributed by atoms with van der Waals surface area (Å²) in [5, 5.41) is 3.39. The Kier molecular flexibility index (Phi) is 5.71. The summed E-state index contributed by atoms with van der Waals surface area (Å²) in [4.78, 5) is 4.98. The molecule has 100 valence electrons. The van der Waals surface area contributed by atoms with Crippen LogP contribution in [0.15, 0.2) is 0 Å². The summed E-state index contributed by atoms with van der Waals surface area (Å²) >= 11 is 0. The van der Waals surface area contributed by atoms with E-state index in [-0.39, 0.29) is 0 Å². The van der Waals surface area contributed by atoms with Crippen LogP contribution < -0.4 is 5.32 Å². The third kappa shape index (κ3) is 4.92. The molecule has 0 aliphatic carbocycles. The second kappa shape index (κ2) is 7.31. The minimum atomic E-state index is 0.483. The van der Waals surface area contributed by atoms with Gasteiger partial charge in [-0.15, -0.1) is 0 Å². The average Bonchev–Trinajstić information content (AvgIpc) is 2.39. The molecule has 2 fully saturated rings. The minimum Gasteiger partial charge on any atom is -0.377 e. The molecule has 1 atom stereocenters. The van der Waals surface area contributed by atoms with E-state index in [4.69, 9.17) is 4.74 Å². The Morgan fingerprint density at radius 1 is 1.29 bits per heavy atom. The molecule has 2 heterocycles. The number of nitrogens with zero attached hydrogens (tertiary/aromatic N) is 2. The predicted octanol–water partition coefficient (Wildman–Crippen LogP) is 0.393. The summed E-state index contributed by atoms with van der Waals surface area (Å²) in [6, 6.07) is 0. The third-order valence-corrected chi connectivity index (χ3v) is 3.80. The normalized spacial score (nSPS) is 27.5. The van der Waals surface area contributed by atoms with Gasteiger partial charge in [-0.05, 0) is 26.3 Å². The van der Waals surface area contributed by atoms with Gasteiger partial charge in [0.1, 0.15) is 0 Å². The van der Waals surface area contributed by atoms with Crippen molar-refractivity contribution in [2.75, 3.05) is 59.5 Å². The lowest BCUT2D eigenvalue weighted by Gasteiger charge is -2.31. The highest BCUT2D eigenvalue weighted by atomic mass is 16.5. The fraction of sp³-hybridized carbons (Fsp3) is 1.00. The fourth-order valence-electron chi connectivity index (χ4n) is 2.64. The van der Waals surface area contributed by atoms with Crippen LogP contribution in [0.3, 0.4) is 0 Å². The Morgan fingerprint density at radius 2 is 2.12 bits per heavy atom. The summed E-state index contributed by atoms with van der Waals surface area (Å²) < 4.78 is 5.78. The maximum atomic E-state index is 5.78. The van der Waals surface area contributed by atoms with Crippen molar-refractivity contribution in [1.29, 1.82) is 0 Å². The topological polar surface area (TPSA) is 27.7 Å². The van der Waals surface area contributed by atoms with Gasteiger partial charge in [0, 0.05) is 52.4 Å². The van der Waals surface area contributed by atoms with Crippen LogP contribution in [0, 0.1) is 0 Å². The van der Waals surface area contributed by atoms with Crippen molar-refractivity contribution in [1.82, 2.24) is 15.1 Å². The number of nitrogens with one attached hydrogen (secondary N) is 1. The Hall–Kier alpha value is -0.160. The number of piperazine rings is 1. The Balaban J connectivity index is 1.57. The maximum Gasteiger partial charge on any atom is 0.0701 e. The van der Waals surface area contributed by atoms with Gasteiger partial charge in [0.2, 0.25) is 0 Å². The molecule has 0 radical (unpaired) electrons. The van der Waals surface area contributed by atoms with E-state index in [0.717, 1.165) is 26.2 Å². The quantitative estimate of drug-likeness (QED) is 0.754. The minimum absolute atomic E-state index is 0.483. The molecule has 2 aliphatic heterocycles. The van der Waals surface area contributed by atoms with Crippen LogP contribution in [0.5, 0.6) is 0 Å². The van der Waals surface area contributed by atoms with Crippen molar-refractivity contribution in [3.63, 3.8) is 0 Å². The lowest BCUT2D eigenvalue weighted by molar-refractivity contribution is -0.00262. The third-order valence-electron chi connectivity index (χ3n) is 3.80. The van der Waals surface area contributed by atoms with Gasteiger partial charge in [-0.25, -0.2) is 0 Å². The van der Waals surface area contributed by atoms with Crippen LogP contribution in [0.4, 0.5) is 0 Å². The van der Waals surface area contributed by atoms with Crippen LogP contribution in [-0.2, 0) is 4.74 Å². The van der Waals surface area contributed by atoms with Crippen molar-refractivity contribution >= 4 is 0 Å². The summed E-state index contributed by atoms with van der Waals surface area (Å²) in [5.41, 5.74) is 0. The van der Waals surface area contributed by atoms with Crippen LogP contribution in [0.2, 0.25) is 0 Å². The first kappa shape index (κ1) is 13.3. The lowest BCUT2D eigenvalue weighted by atomic mass is 10.1. The molecule has 0 bridgehead atoms. The van der Waals surface area contributed by atoms with Crippen molar-refractivity contribution in [3.8, 4) is 0 Å². The number of rotatable bonds is 5. The highest BCUT2D eigenvalue weighted by Crippen LogP contribution is 2.13. The van der Waals surface area contributed by atoms with Crippen LogP contribution in [-0.4, -0.2) is 75.4 Å². The Labute approximate surface area is 105 Å². The van der Waals surface area contributed by atoms with E-state index in [2.05, 4.69) is 22.2 Å². The van der Waals surface area contributed by atoms with Gasteiger partial charge in [0.15, 0.2) is 0 Å². The van der Waals surface area contributed by atoms with E-state index in [0.29, 0.717) is 6.10 Å². The summed E-state index contributed by atoms with van der Waals surface area (Å²) in [5.74, 6) is 0. The zero-order chi connectivity index (χ0) is 11.9. The number of hydrogen-bond acceptors (Lipinski definition) is 4. The van der Waals surface area contributed by atoms with Gasteiger partial charge in [-0.3, -0.25) is 4.90 Å². The molecule has 1 unspecified atom stereocenters. The molecule has 0 aromatic carbocycles. The monoisotopic (exact) mass is 241 g/mol. The van der Waals surface area contributed by atoms with Crippen LogP contribution >= 0.6 is 0 Å². The smallest absolute Gasteiger partial charge is 0.0701 e. The zero-order valence-corrected chi connectivity index (χ0v) is 11.2. The second-order valence-electron chi connectivity index (χ2n) is 5.34. The van der Waals surface area contributed by atoms with E-state index >= 15 is 0 Å². The summed E-state index contributed by atoms with van der Waals surface area (Å²) in [6.45, 7) is 9.14. The van der Waals surface area contributed by atoms with Crippen molar-refractivity contribution in [2.45, 2.75) is 25.4 Å². The molecule has 2 rings (SSSR count). The van der Waals surface area contributed by atoms with Crippen molar-refractivity contribution < 1.29 is 4.74 Å². The molecule has 0 amide bonds. The van der Waals surface area contributed by atoms with Crippen LogP contribution in [0.25, 0.3) is 0 Å². The lowest BCUT2D eigenvalue weighted by Crippen LogP contribution is -2.46. The van der Waals surface area contributed by atoms with Gasteiger partial charge in [0.05, 0.1) is 6.10 Å². The molecule has 0 spiro atoms. The maximum absolute atomic E-state index is 5.78. The number of likely N-dealkylation sites (N-methyl/N-ethyl adjacent to an activating group) is 1. The molecule has 4 nitrogen and oxygen atoms in total. The van der Waals surface area contributed by atoms with Gasteiger partial charge in [-0.2, -0.15) is 0 Å². The van der Waals surface area contributed by atoms with E-state index in [1.807, 2.05) is 0 Å². The fourth-order valence-corrected chi connectivity index (χ4v) is 2.64. The summed E-state index contributed by atoms with van der Waals surface area (Å²) in [7, 11) is 2.22.